The Hall–Kier alpha value is -8.02. The van der Waals surface area contributed by atoms with E-state index in [1.165, 1.54) is 49.7 Å². The molecule has 0 atom stereocenters. The molecule has 0 N–H and O–H groups in total. The Bertz CT molecular complexity index is 3980. The summed E-state index contributed by atoms with van der Waals surface area (Å²) in [5.41, 5.74) is 15.1. The Morgan fingerprint density at radius 3 is 1.95 bits per heavy atom. The predicted octanol–water partition coefficient (Wildman–Crippen LogP) is 14.2. The maximum atomic E-state index is 6.43. The van der Waals surface area contributed by atoms with Crippen molar-refractivity contribution >= 4 is 87.2 Å². The van der Waals surface area contributed by atoms with E-state index in [9.17, 15) is 0 Å². The zero-order valence-corrected chi connectivity index (χ0v) is 31.5. The van der Waals surface area contributed by atoms with Crippen molar-refractivity contribution in [3.63, 3.8) is 0 Å². The molecule has 5 nitrogen and oxygen atoms in total. The van der Waals surface area contributed by atoms with Crippen LogP contribution in [0.1, 0.15) is 0 Å². The van der Waals surface area contributed by atoms with Gasteiger partial charge in [-0.15, -0.1) is 0 Å². The third kappa shape index (κ3) is 4.13. The number of benzene rings is 9. The Kier molecular flexibility index (Phi) is 5.96. The highest BCUT2D eigenvalue weighted by atomic mass is 16.3. The molecule has 14 rings (SSSR count). The van der Waals surface area contributed by atoms with E-state index in [1.54, 1.807) is 0 Å². The molecular weight excluding hydrogens is 721 g/mol. The van der Waals surface area contributed by atoms with Crippen LogP contribution < -0.4 is 0 Å². The van der Waals surface area contributed by atoms with Crippen molar-refractivity contribution in [3.8, 4) is 45.1 Å². The van der Waals surface area contributed by atoms with E-state index in [0.717, 1.165) is 76.7 Å². The minimum absolute atomic E-state index is 0.628. The highest BCUT2D eigenvalue weighted by molar-refractivity contribution is 6.22. The minimum atomic E-state index is 0.628. The average Bonchev–Trinajstić information content (AvgIpc) is 3.92. The normalized spacial score (nSPS) is 12.4. The van der Waals surface area contributed by atoms with Crippen LogP contribution in [-0.2, 0) is 0 Å². The van der Waals surface area contributed by atoms with Crippen molar-refractivity contribution in [2.75, 3.05) is 0 Å². The molecule has 0 fully saturated rings. The smallest absolute Gasteiger partial charge is 0.235 e. The van der Waals surface area contributed by atoms with Gasteiger partial charge in [-0.1, -0.05) is 133 Å². The van der Waals surface area contributed by atoms with Crippen molar-refractivity contribution in [3.05, 3.63) is 182 Å². The summed E-state index contributed by atoms with van der Waals surface area (Å²) in [5.74, 6) is 0.628. The quantitative estimate of drug-likeness (QED) is 0.165. The van der Waals surface area contributed by atoms with Crippen LogP contribution in [0, 0.1) is 0 Å². The zero-order chi connectivity index (χ0) is 38.3. The minimum Gasteiger partial charge on any atom is -0.456 e. The van der Waals surface area contributed by atoms with Gasteiger partial charge in [-0.3, -0.25) is 4.57 Å². The van der Waals surface area contributed by atoms with Crippen LogP contribution in [0.25, 0.3) is 132 Å². The molecule has 0 spiro atoms. The summed E-state index contributed by atoms with van der Waals surface area (Å²) in [6.45, 7) is 0. The van der Waals surface area contributed by atoms with E-state index in [2.05, 4.69) is 179 Å². The highest BCUT2D eigenvalue weighted by Gasteiger charge is 2.26. The Morgan fingerprint density at radius 2 is 1.05 bits per heavy atom. The summed E-state index contributed by atoms with van der Waals surface area (Å²) in [6.07, 6.45) is 0. The Morgan fingerprint density at radius 1 is 0.390 bits per heavy atom. The summed E-state index contributed by atoms with van der Waals surface area (Å²) >= 11 is 0. The van der Waals surface area contributed by atoms with E-state index in [-0.39, 0.29) is 0 Å². The fraction of sp³-hybridized carbons (Fsp3) is 0. The van der Waals surface area contributed by atoms with Gasteiger partial charge in [0.15, 0.2) is 0 Å². The van der Waals surface area contributed by atoms with Crippen LogP contribution in [0.4, 0.5) is 0 Å². The number of aromatic nitrogens is 4. The van der Waals surface area contributed by atoms with Crippen molar-refractivity contribution in [1.82, 2.24) is 19.1 Å². The molecule has 5 heteroatoms. The largest absolute Gasteiger partial charge is 0.456 e. The fourth-order valence-electron chi connectivity index (χ4n) is 10.1. The molecule has 1 aliphatic heterocycles. The molecule has 4 aromatic heterocycles. The van der Waals surface area contributed by atoms with Gasteiger partial charge in [-0.05, 0) is 70.4 Å². The third-order valence-corrected chi connectivity index (χ3v) is 12.7. The summed E-state index contributed by atoms with van der Waals surface area (Å²) in [7, 11) is 0. The number of hydrogen-bond donors (Lipinski definition) is 0. The number of nitrogens with zero attached hydrogens (tertiary/aromatic N) is 4. The molecule has 0 saturated heterocycles. The van der Waals surface area contributed by atoms with Gasteiger partial charge in [-0.25, -0.2) is 9.97 Å². The summed E-state index contributed by atoms with van der Waals surface area (Å²) in [4.78, 5) is 11.0. The number of para-hydroxylation sites is 4. The second kappa shape index (κ2) is 11.3. The SMILES string of the molecule is c1ccc2c(c1)-c1ccccc1-n1c3cc4c5ccccc5n(-c5nc(-c6ccc7c(c6)oc6ccccc67)c6c(ccc7ccccc76)n5)c4cc3c3cccc-2c31. The van der Waals surface area contributed by atoms with Crippen LogP contribution in [0.5, 0.6) is 0 Å². The Labute approximate surface area is 336 Å². The lowest BCUT2D eigenvalue weighted by atomic mass is 9.94. The molecule has 0 saturated carbocycles. The molecule has 59 heavy (non-hydrogen) atoms. The first-order valence-corrected chi connectivity index (χ1v) is 20.1. The maximum Gasteiger partial charge on any atom is 0.235 e. The molecule has 272 valence electrons. The Balaban J connectivity index is 1.10. The maximum absolute atomic E-state index is 6.43. The molecule has 5 heterocycles. The molecule has 9 aromatic carbocycles. The van der Waals surface area contributed by atoms with Gasteiger partial charge in [-0.2, -0.15) is 0 Å². The van der Waals surface area contributed by atoms with Crippen molar-refractivity contribution < 1.29 is 4.42 Å². The first-order chi connectivity index (χ1) is 29.3. The molecule has 1 aliphatic rings. The van der Waals surface area contributed by atoms with E-state index in [1.807, 2.05) is 12.1 Å². The van der Waals surface area contributed by atoms with Gasteiger partial charge < -0.3 is 8.98 Å². The van der Waals surface area contributed by atoms with Gasteiger partial charge >= 0.3 is 0 Å². The number of fused-ring (bicyclic) bond motifs is 17. The van der Waals surface area contributed by atoms with Crippen LogP contribution in [-0.4, -0.2) is 19.1 Å². The fourth-order valence-corrected chi connectivity index (χ4v) is 10.1. The third-order valence-electron chi connectivity index (χ3n) is 12.7. The van der Waals surface area contributed by atoms with Crippen LogP contribution in [0.3, 0.4) is 0 Å². The first kappa shape index (κ1) is 31.1. The van der Waals surface area contributed by atoms with Gasteiger partial charge in [0.1, 0.15) is 11.2 Å². The molecule has 0 aliphatic carbocycles. The number of furan rings is 1. The van der Waals surface area contributed by atoms with Crippen molar-refractivity contribution in [1.29, 1.82) is 0 Å². The van der Waals surface area contributed by atoms with Gasteiger partial charge in [0, 0.05) is 54.4 Å². The van der Waals surface area contributed by atoms with Crippen LogP contribution >= 0.6 is 0 Å². The van der Waals surface area contributed by atoms with Gasteiger partial charge in [0.2, 0.25) is 5.95 Å². The first-order valence-electron chi connectivity index (χ1n) is 20.1. The molecular formula is C54H30N4O. The van der Waals surface area contributed by atoms with Crippen molar-refractivity contribution in [2.24, 2.45) is 0 Å². The number of hydrogen-bond acceptors (Lipinski definition) is 3. The molecule has 0 radical (unpaired) electrons. The lowest BCUT2D eigenvalue weighted by molar-refractivity contribution is 0.669. The van der Waals surface area contributed by atoms with Gasteiger partial charge in [0.05, 0.1) is 39.0 Å². The summed E-state index contributed by atoms with van der Waals surface area (Å²) in [6, 6.07) is 65.4. The second-order valence-electron chi connectivity index (χ2n) is 15.7. The van der Waals surface area contributed by atoms with Crippen molar-refractivity contribution in [2.45, 2.75) is 0 Å². The highest BCUT2D eigenvalue weighted by Crippen LogP contribution is 2.48. The van der Waals surface area contributed by atoms with E-state index >= 15 is 0 Å². The molecule has 13 aromatic rings. The van der Waals surface area contributed by atoms with E-state index in [4.69, 9.17) is 14.4 Å². The standard InChI is InChI=1S/C54H30N4O/c1-2-13-33-31(12-1)25-27-44-51(33)52(32-24-26-39-38-18-7-10-23-49(38)59-50(39)28-32)56-54(55-44)58-46-22-9-6-17-37(46)42-29-47-43(30-48(42)58)41-20-11-19-40-35-15-4-3-14-34(35)36-16-5-8-21-45(36)57(47)53(40)41/h1-30H. The monoisotopic (exact) mass is 750 g/mol. The molecule has 0 unspecified atom stereocenters. The lowest BCUT2D eigenvalue weighted by Gasteiger charge is -2.14. The molecule has 0 amide bonds. The van der Waals surface area contributed by atoms with Gasteiger partial charge in [0.25, 0.3) is 0 Å². The van der Waals surface area contributed by atoms with E-state index in [0.29, 0.717) is 5.95 Å². The van der Waals surface area contributed by atoms with Crippen LogP contribution in [0.2, 0.25) is 0 Å². The number of rotatable bonds is 2. The zero-order valence-electron chi connectivity index (χ0n) is 31.5. The summed E-state index contributed by atoms with van der Waals surface area (Å²) < 4.78 is 11.2. The summed E-state index contributed by atoms with van der Waals surface area (Å²) in [5, 5.41) is 10.2. The van der Waals surface area contributed by atoms with E-state index < -0.39 is 0 Å². The lowest BCUT2D eigenvalue weighted by Crippen LogP contribution is -2.04. The van der Waals surface area contributed by atoms with Crippen LogP contribution in [0.15, 0.2) is 186 Å². The predicted molar refractivity (Wildman–Crippen MR) is 243 cm³/mol. The average molecular weight is 751 g/mol. The second-order valence-corrected chi connectivity index (χ2v) is 15.7. The molecule has 0 bridgehead atoms. The topological polar surface area (TPSA) is 48.8 Å².